The first-order chi connectivity index (χ1) is 8.17. The summed E-state index contributed by atoms with van der Waals surface area (Å²) < 4.78 is 26.6. The standard InChI is InChI=1S/C14H17F2N/c15-11-1-4-13(16)10(7-11)8-14(5-6-14)9-17-12-2-3-12/h1,4,7,12,17H,2-3,5-6,8-9H2. The molecule has 2 aliphatic carbocycles. The van der Waals surface area contributed by atoms with Crippen molar-refractivity contribution in [2.24, 2.45) is 5.41 Å². The molecule has 2 fully saturated rings. The van der Waals surface area contributed by atoms with E-state index in [0.29, 0.717) is 18.0 Å². The molecular formula is C14H17F2N. The number of rotatable bonds is 5. The summed E-state index contributed by atoms with van der Waals surface area (Å²) >= 11 is 0. The van der Waals surface area contributed by atoms with Gasteiger partial charge >= 0.3 is 0 Å². The van der Waals surface area contributed by atoms with Gasteiger partial charge in [-0.1, -0.05) is 0 Å². The van der Waals surface area contributed by atoms with Crippen LogP contribution in [0.2, 0.25) is 0 Å². The monoisotopic (exact) mass is 237 g/mol. The van der Waals surface area contributed by atoms with Gasteiger partial charge in [0.25, 0.3) is 0 Å². The van der Waals surface area contributed by atoms with E-state index in [9.17, 15) is 8.78 Å². The molecule has 0 bridgehead atoms. The maximum atomic E-state index is 13.6. The molecule has 1 N–H and O–H groups in total. The van der Waals surface area contributed by atoms with Crippen LogP contribution in [-0.4, -0.2) is 12.6 Å². The lowest BCUT2D eigenvalue weighted by Crippen LogP contribution is -2.27. The summed E-state index contributed by atoms with van der Waals surface area (Å²) in [4.78, 5) is 0. The van der Waals surface area contributed by atoms with Gasteiger partial charge in [0, 0.05) is 12.6 Å². The van der Waals surface area contributed by atoms with E-state index in [0.717, 1.165) is 19.4 Å². The summed E-state index contributed by atoms with van der Waals surface area (Å²) in [5.41, 5.74) is 0.720. The van der Waals surface area contributed by atoms with Crippen LogP contribution in [0.25, 0.3) is 0 Å². The summed E-state index contributed by atoms with van der Waals surface area (Å²) in [7, 11) is 0. The Hall–Kier alpha value is -0.960. The largest absolute Gasteiger partial charge is 0.313 e. The molecule has 3 heteroatoms. The van der Waals surface area contributed by atoms with Crippen LogP contribution in [-0.2, 0) is 6.42 Å². The lowest BCUT2D eigenvalue weighted by atomic mass is 9.96. The number of hydrogen-bond acceptors (Lipinski definition) is 1. The Balaban J connectivity index is 1.66. The highest BCUT2D eigenvalue weighted by Crippen LogP contribution is 2.48. The van der Waals surface area contributed by atoms with Crippen molar-refractivity contribution >= 4 is 0 Å². The summed E-state index contributed by atoms with van der Waals surface area (Å²) in [6.07, 6.45) is 5.45. The van der Waals surface area contributed by atoms with Gasteiger partial charge in [-0.2, -0.15) is 0 Å². The summed E-state index contributed by atoms with van der Waals surface area (Å²) in [6, 6.07) is 4.44. The fourth-order valence-electron chi connectivity index (χ4n) is 2.32. The third kappa shape index (κ3) is 2.65. The number of nitrogens with one attached hydrogen (secondary N) is 1. The molecule has 0 spiro atoms. The van der Waals surface area contributed by atoms with Crippen LogP contribution in [0.1, 0.15) is 31.2 Å². The van der Waals surface area contributed by atoms with Crippen molar-refractivity contribution in [3.8, 4) is 0 Å². The van der Waals surface area contributed by atoms with E-state index in [-0.39, 0.29) is 17.0 Å². The van der Waals surface area contributed by atoms with Gasteiger partial charge in [-0.3, -0.25) is 0 Å². The van der Waals surface area contributed by atoms with Crippen molar-refractivity contribution in [1.29, 1.82) is 0 Å². The number of hydrogen-bond donors (Lipinski definition) is 1. The van der Waals surface area contributed by atoms with Crippen molar-refractivity contribution < 1.29 is 8.78 Å². The van der Waals surface area contributed by atoms with E-state index in [2.05, 4.69) is 5.32 Å². The summed E-state index contributed by atoms with van der Waals surface area (Å²) in [5, 5.41) is 3.50. The highest BCUT2D eigenvalue weighted by atomic mass is 19.1. The lowest BCUT2D eigenvalue weighted by Gasteiger charge is -2.16. The van der Waals surface area contributed by atoms with Gasteiger partial charge in [0.05, 0.1) is 0 Å². The van der Waals surface area contributed by atoms with Crippen molar-refractivity contribution in [3.05, 3.63) is 35.4 Å². The van der Waals surface area contributed by atoms with Gasteiger partial charge in [-0.15, -0.1) is 0 Å². The van der Waals surface area contributed by atoms with Gasteiger partial charge in [0.1, 0.15) is 11.6 Å². The van der Waals surface area contributed by atoms with E-state index >= 15 is 0 Å². The molecule has 1 aromatic rings. The van der Waals surface area contributed by atoms with E-state index < -0.39 is 0 Å². The van der Waals surface area contributed by atoms with E-state index in [1.165, 1.54) is 31.0 Å². The van der Waals surface area contributed by atoms with Gasteiger partial charge in [-0.25, -0.2) is 8.78 Å². The molecule has 0 saturated heterocycles. The Bertz CT molecular complexity index is 422. The zero-order chi connectivity index (χ0) is 11.9. The van der Waals surface area contributed by atoms with Crippen molar-refractivity contribution in [1.82, 2.24) is 5.32 Å². The third-order valence-corrected chi connectivity index (χ3v) is 3.87. The Morgan fingerprint density at radius 2 is 2.00 bits per heavy atom. The predicted octanol–water partition coefficient (Wildman–Crippen LogP) is 3.04. The van der Waals surface area contributed by atoms with Gasteiger partial charge in [-0.05, 0) is 61.3 Å². The molecule has 92 valence electrons. The molecular weight excluding hydrogens is 220 g/mol. The minimum atomic E-state index is -0.340. The van der Waals surface area contributed by atoms with Crippen LogP contribution < -0.4 is 5.32 Å². The highest BCUT2D eigenvalue weighted by molar-refractivity contribution is 5.22. The number of benzene rings is 1. The predicted molar refractivity (Wildman–Crippen MR) is 62.8 cm³/mol. The first kappa shape index (κ1) is 11.1. The zero-order valence-corrected chi connectivity index (χ0v) is 9.81. The van der Waals surface area contributed by atoms with Crippen molar-refractivity contribution in [2.45, 2.75) is 38.1 Å². The van der Waals surface area contributed by atoms with E-state index in [1.807, 2.05) is 0 Å². The molecule has 1 nitrogen and oxygen atoms in total. The zero-order valence-electron chi connectivity index (χ0n) is 9.81. The van der Waals surface area contributed by atoms with Crippen LogP contribution in [0.3, 0.4) is 0 Å². The normalized spacial score (nSPS) is 21.5. The van der Waals surface area contributed by atoms with Crippen LogP contribution in [0.5, 0.6) is 0 Å². The average Bonchev–Trinajstić information content (AvgIpc) is 3.16. The fraction of sp³-hybridized carbons (Fsp3) is 0.571. The molecule has 1 aromatic carbocycles. The second kappa shape index (κ2) is 4.05. The Morgan fingerprint density at radius 3 is 2.65 bits per heavy atom. The average molecular weight is 237 g/mol. The van der Waals surface area contributed by atoms with Crippen LogP contribution in [0.15, 0.2) is 18.2 Å². The first-order valence-electron chi connectivity index (χ1n) is 6.34. The quantitative estimate of drug-likeness (QED) is 0.830. The van der Waals surface area contributed by atoms with Gasteiger partial charge in [0.15, 0.2) is 0 Å². The molecule has 0 atom stereocenters. The molecule has 0 aliphatic heterocycles. The lowest BCUT2D eigenvalue weighted by molar-refractivity contribution is 0.442. The van der Waals surface area contributed by atoms with Crippen LogP contribution in [0, 0.1) is 17.0 Å². The topological polar surface area (TPSA) is 12.0 Å². The maximum absolute atomic E-state index is 13.6. The Kier molecular flexibility index (Phi) is 2.66. The highest BCUT2D eigenvalue weighted by Gasteiger charge is 2.43. The first-order valence-corrected chi connectivity index (χ1v) is 6.34. The fourth-order valence-corrected chi connectivity index (χ4v) is 2.32. The van der Waals surface area contributed by atoms with Gasteiger partial charge in [0.2, 0.25) is 0 Å². The second-order valence-corrected chi connectivity index (χ2v) is 5.57. The van der Waals surface area contributed by atoms with Crippen LogP contribution in [0.4, 0.5) is 8.78 Å². The van der Waals surface area contributed by atoms with Gasteiger partial charge < -0.3 is 5.32 Å². The molecule has 0 heterocycles. The molecule has 2 aliphatic rings. The van der Waals surface area contributed by atoms with Crippen LogP contribution >= 0.6 is 0 Å². The van der Waals surface area contributed by atoms with Crippen molar-refractivity contribution in [2.75, 3.05) is 6.54 Å². The van der Waals surface area contributed by atoms with E-state index in [1.54, 1.807) is 0 Å². The molecule has 0 radical (unpaired) electrons. The van der Waals surface area contributed by atoms with E-state index in [4.69, 9.17) is 0 Å². The molecule has 0 amide bonds. The Labute approximate surface area is 100 Å². The summed E-state index contributed by atoms with van der Waals surface area (Å²) in [6.45, 7) is 0.952. The molecule has 0 aromatic heterocycles. The molecule has 0 unspecified atom stereocenters. The van der Waals surface area contributed by atoms with Crippen molar-refractivity contribution in [3.63, 3.8) is 0 Å². The SMILES string of the molecule is Fc1ccc(F)c(CC2(CNC3CC3)CC2)c1. The molecule has 2 saturated carbocycles. The number of halogens is 2. The second-order valence-electron chi connectivity index (χ2n) is 5.57. The molecule has 3 rings (SSSR count). The maximum Gasteiger partial charge on any atom is 0.126 e. The minimum absolute atomic E-state index is 0.192. The Morgan fingerprint density at radius 1 is 1.24 bits per heavy atom. The summed E-state index contributed by atoms with van der Waals surface area (Å²) in [5.74, 6) is -0.614. The minimum Gasteiger partial charge on any atom is -0.313 e. The smallest absolute Gasteiger partial charge is 0.126 e. The third-order valence-electron chi connectivity index (χ3n) is 3.87. The molecule has 17 heavy (non-hydrogen) atoms.